The molecule has 0 radical (unpaired) electrons. The molecule has 1 amide bonds. The Kier molecular flexibility index (Phi) is 8.09. The van der Waals surface area contributed by atoms with Gasteiger partial charge in [0.25, 0.3) is 11.5 Å². The number of nitrogens with one attached hydrogen (secondary N) is 1. The van der Waals surface area contributed by atoms with Crippen LogP contribution in [0.4, 0.5) is 0 Å². The minimum Gasteiger partial charge on any atom is -0.493 e. The van der Waals surface area contributed by atoms with Gasteiger partial charge in [0.05, 0.1) is 31.6 Å². The first-order chi connectivity index (χ1) is 19.1. The summed E-state index contributed by atoms with van der Waals surface area (Å²) in [6, 6.07) is 25.1. The molecule has 2 aromatic heterocycles. The van der Waals surface area contributed by atoms with E-state index in [2.05, 4.69) is 27.6 Å². The molecule has 2 heterocycles. The van der Waals surface area contributed by atoms with Crippen LogP contribution >= 0.6 is 11.3 Å². The van der Waals surface area contributed by atoms with E-state index in [4.69, 9.17) is 9.47 Å². The summed E-state index contributed by atoms with van der Waals surface area (Å²) < 4.78 is 12.6. The molecule has 0 aliphatic carbocycles. The van der Waals surface area contributed by atoms with Crippen LogP contribution < -0.4 is 20.5 Å². The Morgan fingerprint density at radius 1 is 1.05 bits per heavy atom. The number of thiophene rings is 1. The number of amides is 1. The number of hydrogen-bond donors (Lipinski definition) is 1. The zero-order valence-corrected chi connectivity index (χ0v) is 22.1. The Bertz CT molecular complexity index is 1660. The van der Waals surface area contributed by atoms with E-state index in [0.29, 0.717) is 33.9 Å². The van der Waals surface area contributed by atoms with Crippen molar-refractivity contribution in [1.82, 2.24) is 15.0 Å². The van der Waals surface area contributed by atoms with Crippen molar-refractivity contribution in [2.24, 2.45) is 5.10 Å². The number of methoxy groups -OCH3 is 1. The average Bonchev–Trinajstić information content (AvgIpc) is 3.41. The number of hydrazone groups is 1. The molecule has 0 atom stereocenters. The van der Waals surface area contributed by atoms with Crippen molar-refractivity contribution in [3.63, 3.8) is 0 Å². The molecule has 5 aromatic rings. The highest BCUT2D eigenvalue weighted by molar-refractivity contribution is 7.17. The number of benzene rings is 3. The van der Waals surface area contributed by atoms with Crippen LogP contribution in [0.2, 0.25) is 0 Å². The molecule has 0 spiro atoms. The molecule has 39 heavy (non-hydrogen) atoms. The van der Waals surface area contributed by atoms with Gasteiger partial charge in [-0.2, -0.15) is 5.10 Å². The van der Waals surface area contributed by atoms with Gasteiger partial charge in [0, 0.05) is 17.4 Å². The fraction of sp³-hybridized carbons (Fsp3) is 0.133. The summed E-state index contributed by atoms with van der Waals surface area (Å²) in [4.78, 5) is 30.7. The Labute approximate surface area is 229 Å². The maximum absolute atomic E-state index is 13.2. The first-order valence-electron chi connectivity index (χ1n) is 12.3. The van der Waals surface area contributed by atoms with E-state index in [0.717, 1.165) is 17.5 Å². The van der Waals surface area contributed by atoms with Crippen molar-refractivity contribution in [3.05, 3.63) is 112 Å². The second-order valence-corrected chi connectivity index (χ2v) is 9.52. The standard InChI is InChI=1S/C30H26N4O4S/c1-37-26-16-22(12-13-25(26)38-15-14-21-8-4-2-5-9-21)17-32-33-27(35)18-34-20-31-29-28(30(34)36)24(19-39-29)23-10-6-3-7-11-23/h2-13,16-17,19-20H,14-15,18H2,1H3,(H,33,35)/b32-17-. The van der Waals surface area contributed by atoms with Crippen molar-refractivity contribution in [1.29, 1.82) is 0 Å². The SMILES string of the molecule is COc1cc(/C=N\NC(=O)Cn2cnc3scc(-c4ccccc4)c3c2=O)ccc1OCCc1ccccc1. The molecule has 9 heteroatoms. The summed E-state index contributed by atoms with van der Waals surface area (Å²) in [5.74, 6) is 0.744. The maximum atomic E-state index is 13.2. The second-order valence-electron chi connectivity index (χ2n) is 8.66. The topological polar surface area (TPSA) is 94.8 Å². The zero-order valence-electron chi connectivity index (χ0n) is 21.2. The van der Waals surface area contributed by atoms with Gasteiger partial charge in [-0.3, -0.25) is 14.2 Å². The van der Waals surface area contributed by atoms with E-state index < -0.39 is 5.91 Å². The molecule has 0 saturated carbocycles. The Morgan fingerprint density at radius 3 is 2.59 bits per heavy atom. The molecule has 196 valence electrons. The van der Waals surface area contributed by atoms with Gasteiger partial charge in [0.15, 0.2) is 11.5 Å². The molecule has 3 aromatic carbocycles. The average molecular weight is 539 g/mol. The summed E-state index contributed by atoms with van der Waals surface area (Å²) in [7, 11) is 1.57. The molecule has 0 fully saturated rings. The quantitative estimate of drug-likeness (QED) is 0.202. The number of nitrogens with zero attached hydrogens (tertiary/aromatic N) is 3. The second kappa shape index (κ2) is 12.2. The molecular weight excluding hydrogens is 512 g/mol. The summed E-state index contributed by atoms with van der Waals surface area (Å²) in [6.07, 6.45) is 3.68. The van der Waals surface area contributed by atoms with E-state index in [-0.39, 0.29) is 12.1 Å². The van der Waals surface area contributed by atoms with Crippen molar-refractivity contribution >= 4 is 33.7 Å². The molecular formula is C30H26N4O4S. The largest absolute Gasteiger partial charge is 0.493 e. The lowest BCUT2D eigenvalue weighted by atomic mass is 10.1. The highest BCUT2D eigenvalue weighted by Gasteiger charge is 2.14. The van der Waals surface area contributed by atoms with E-state index in [9.17, 15) is 9.59 Å². The summed E-state index contributed by atoms with van der Waals surface area (Å²) >= 11 is 1.40. The molecule has 0 saturated heterocycles. The number of rotatable bonds is 10. The van der Waals surface area contributed by atoms with Crippen LogP contribution in [0.25, 0.3) is 21.3 Å². The van der Waals surface area contributed by atoms with Crippen LogP contribution in [-0.2, 0) is 17.8 Å². The lowest BCUT2D eigenvalue weighted by Gasteiger charge is -2.11. The number of carbonyl (C=O) groups is 1. The van der Waals surface area contributed by atoms with Crippen LogP contribution in [-0.4, -0.2) is 35.4 Å². The highest BCUT2D eigenvalue weighted by atomic mass is 32.1. The van der Waals surface area contributed by atoms with Crippen LogP contribution in [0.15, 0.2) is 100 Å². The molecule has 8 nitrogen and oxygen atoms in total. The van der Waals surface area contributed by atoms with Crippen molar-refractivity contribution in [2.75, 3.05) is 13.7 Å². The van der Waals surface area contributed by atoms with Crippen molar-refractivity contribution < 1.29 is 14.3 Å². The number of carbonyl (C=O) groups excluding carboxylic acids is 1. The van der Waals surface area contributed by atoms with Gasteiger partial charge in [-0.1, -0.05) is 60.7 Å². The van der Waals surface area contributed by atoms with Crippen LogP contribution in [0.3, 0.4) is 0 Å². The van der Waals surface area contributed by atoms with Gasteiger partial charge in [-0.25, -0.2) is 10.4 Å². The normalized spacial score (nSPS) is 11.1. The molecule has 1 N–H and O–H groups in total. The van der Waals surface area contributed by atoms with E-state index in [1.54, 1.807) is 19.2 Å². The van der Waals surface area contributed by atoms with E-state index in [1.165, 1.54) is 34.0 Å². The third kappa shape index (κ3) is 6.22. The summed E-state index contributed by atoms with van der Waals surface area (Å²) in [5, 5.41) is 6.45. The number of aromatic nitrogens is 2. The lowest BCUT2D eigenvalue weighted by Crippen LogP contribution is -2.30. The molecule has 0 aliphatic rings. The monoisotopic (exact) mass is 538 g/mol. The number of fused-ring (bicyclic) bond motifs is 1. The third-order valence-corrected chi connectivity index (χ3v) is 6.93. The van der Waals surface area contributed by atoms with Crippen molar-refractivity contribution in [2.45, 2.75) is 13.0 Å². The van der Waals surface area contributed by atoms with E-state index >= 15 is 0 Å². The summed E-state index contributed by atoms with van der Waals surface area (Å²) in [6.45, 7) is 0.308. The Morgan fingerprint density at radius 2 is 1.82 bits per heavy atom. The van der Waals surface area contributed by atoms with E-state index in [1.807, 2.05) is 60.0 Å². The zero-order chi connectivity index (χ0) is 27.0. The van der Waals surface area contributed by atoms with Gasteiger partial charge in [-0.15, -0.1) is 11.3 Å². The molecule has 0 bridgehead atoms. The summed E-state index contributed by atoms with van der Waals surface area (Å²) in [5.41, 5.74) is 5.85. The Hall–Kier alpha value is -4.76. The van der Waals surface area contributed by atoms with Crippen LogP contribution in [0.1, 0.15) is 11.1 Å². The fourth-order valence-corrected chi connectivity index (χ4v) is 4.99. The molecule has 0 aliphatic heterocycles. The Balaban J connectivity index is 1.21. The molecule has 0 unspecified atom stereocenters. The number of hydrogen-bond acceptors (Lipinski definition) is 7. The fourth-order valence-electron chi connectivity index (χ4n) is 4.09. The van der Waals surface area contributed by atoms with Crippen molar-refractivity contribution in [3.8, 4) is 22.6 Å². The predicted molar refractivity (Wildman–Crippen MR) is 154 cm³/mol. The van der Waals surface area contributed by atoms with Gasteiger partial charge in [0.1, 0.15) is 11.4 Å². The minimum absolute atomic E-state index is 0.208. The van der Waals surface area contributed by atoms with Gasteiger partial charge in [-0.05, 0) is 34.9 Å². The third-order valence-electron chi connectivity index (χ3n) is 6.04. The highest BCUT2D eigenvalue weighted by Crippen LogP contribution is 2.30. The number of ether oxygens (including phenoxy) is 2. The van der Waals surface area contributed by atoms with Crippen LogP contribution in [0.5, 0.6) is 11.5 Å². The first kappa shape index (κ1) is 25.9. The molecule has 5 rings (SSSR count). The smallest absolute Gasteiger partial charge is 0.263 e. The first-order valence-corrected chi connectivity index (χ1v) is 13.2. The van der Waals surface area contributed by atoms with Gasteiger partial charge >= 0.3 is 0 Å². The maximum Gasteiger partial charge on any atom is 0.263 e. The van der Waals surface area contributed by atoms with Gasteiger partial charge < -0.3 is 9.47 Å². The minimum atomic E-state index is -0.446. The van der Waals surface area contributed by atoms with Gasteiger partial charge in [0.2, 0.25) is 0 Å². The lowest BCUT2D eigenvalue weighted by molar-refractivity contribution is -0.121. The predicted octanol–water partition coefficient (Wildman–Crippen LogP) is 4.91. The van der Waals surface area contributed by atoms with Crippen LogP contribution in [0, 0.1) is 0 Å².